The minimum atomic E-state index is 0.659. The molecule has 2 aromatic heterocycles. The Morgan fingerprint density at radius 2 is 1.74 bits per heavy atom. The van der Waals surface area contributed by atoms with Crippen LogP contribution in [0.4, 0.5) is 5.82 Å². The number of aromatic nitrogens is 3. The van der Waals surface area contributed by atoms with E-state index < -0.39 is 0 Å². The summed E-state index contributed by atoms with van der Waals surface area (Å²) in [5, 5.41) is 0. The molecule has 0 bridgehead atoms. The van der Waals surface area contributed by atoms with Gasteiger partial charge in [-0.15, -0.1) is 0 Å². The highest BCUT2D eigenvalue weighted by Gasteiger charge is 2.14. The van der Waals surface area contributed by atoms with Gasteiger partial charge in [-0.2, -0.15) is 0 Å². The molecule has 1 aliphatic rings. The second-order valence-electron chi connectivity index (χ2n) is 6.37. The van der Waals surface area contributed by atoms with Gasteiger partial charge >= 0.3 is 0 Å². The lowest BCUT2D eigenvalue weighted by atomic mass is 10.1. The number of benzene rings is 1. The molecule has 3 heterocycles. The Morgan fingerprint density at radius 3 is 2.44 bits per heavy atom. The average molecular weight is 366 g/mol. The third-order valence-electron chi connectivity index (χ3n) is 4.58. The van der Waals surface area contributed by atoms with Crippen molar-refractivity contribution in [2.75, 3.05) is 45.4 Å². The molecule has 7 nitrogen and oxygen atoms in total. The lowest BCUT2D eigenvalue weighted by Gasteiger charge is -2.27. The van der Waals surface area contributed by atoms with Crippen molar-refractivity contribution < 1.29 is 14.2 Å². The smallest absolute Gasteiger partial charge is 0.180 e. The molecule has 1 fully saturated rings. The number of nitrogens with zero attached hydrogens (tertiary/aromatic N) is 4. The SMILES string of the molecule is COc1cc(Cc2ccc3ncc(N4CCOCC4)nc3n2)cc(OC)c1. The van der Waals surface area contributed by atoms with E-state index in [9.17, 15) is 0 Å². The summed E-state index contributed by atoms with van der Waals surface area (Å²) in [7, 11) is 3.30. The zero-order valence-electron chi connectivity index (χ0n) is 15.5. The molecule has 1 aliphatic heterocycles. The first-order valence-electron chi connectivity index (χ1n) is 8.92. The highest BCUT2D eigenvalue weighted by molar-refractivity contribution is 5.71. The van der Waals surface area contributed by atoms with E-state index in [0.29, 0.717) is 25.3 Å². The number of rotatable bonds is 5. The van der Waals surface area contributed by atoms with Gasteiger partial charge in [-0.25, -0.2) is 15.0 Å². The van der Waals surface area contributed by atoms with Crippen molar-refractivity contribution in [3.8, 4) is 11.5 Å². The van der Waals surface area contributed by atoms with E-state index in [-0.39, 0.29) is 0 Å². The van der Waals surface area contributed by atoms with E-state index in [1.54, 1.807) is 14.2 Å². The monoisotopic (exact) mass is 366 g/mol. The molecular weight excluding hydrogens is 344 g/mol. The highest BCUT2D eigenvalue weighted by Crippen LogP contribution is 2.24. The van der Waals surface area contributed by atoms with E-state index in [1.165, 1.54) is 0 Å². The van der Waals surface area contributed by atoms with E-state index in [0.717, 1.165) is 47.2 Å². The summed E-state index contributed by atoms with van der Waals surface area (Å²) in [6.07, 6.45) is 2.47. The summed E-state index contributed by atoms with van der Waals surface area (Å²) in [6, 6.07) is 9.79. The number of hydrogen-bond donors (Lipinski definition) is 0. The van der Waals surface area contributed by atoms with Gasteiger partial charge in [0, 0.05) is 31.3 Å². The fourth-order valence-electron chi connectivity index (χ4n) is 3.15. The molecule has 0 spiro atoms. The number of anilines is 1. The fourth-order valence-corrected chi connectivity index (χ4v) is 3.15. The molecule has 4 rings (SSSR count). The van der Waals surface area contributed by atoms with Crippen molar-refractivity contribution in [3.63, 3.8) is 0 Å². The van der Waals surface area contributed by atoms with Gasteiger partial charge < -0.3 is 19.1 Å². The zero-order valence-corrected chi connectivity index (χ0v) is 15.5. The van der Waals surface area contributed by atoms with Crippen LogP contribution in [0.1, 0.15) is 11.3 Å². The van der Waals surface area contributed by atoms with Crippen LogP contribution >= 0.6 is 0 Å². The molecule has 1 aromatic carbocycles. The minimum Gasteiger partial charge on any atom is -0.497 e. The second kappa shape index (κ2) is 7.75. The van der Waals surface area contributed by atoms with Crippen molar-refractivity contribution >= 4 is 17.0 Å². The maximum absolute atomic E-state index is 5.41. The Balaban J connectivity index is 1.62. The molecular formula is C20H22N4O3. The van der Waals surface area contributed by atoms with Gasteiger partial charge in [-0.1, -0.05) is 0 Å². The van der Waals surface area contributed by atoms with E-state index in [2.05, 4.69) is 9.88 Å². The Labute approximate surface area is 157 Å². The molecule has 0 aliphatic carbocycles. The average Bonchev–Trinajstić information content (AvgIpc) is 2.73. The molecule has 0 atom stereocenters. The predicted molar refractivity (Wildman–Crippen MR) is 103 cm³/mol. The first-order chi connectivity index (χ1) is 13.2. The number of hydrogen-bond acceptors (Lipinski definition) is 7. The molecule has 3 aromatic rings. The second-order valence-corrected chi connectivity index (χ2v) is 6.37. The standard InChI is InChI=1S/C20H22N4O3/c1-25-16-10-14(11-17(12-16)26-2)9-15-3-4-18-20(22-15)23-19(13-21-18)24-5-7-27-8-6-24/h3-4,10-13H,5-9H2,1-2H3. The summed E-state index contributed by atoms with van der Waals surface area (Å²) < 4.78 is 16.1. The van der Waals surface area contributed by atoms with Crippen molar-refractivity contribution in [1.29, 1.82) is 0 Å². The Kier molecular flexibility index (Phi) is 5.02. The van der Waals surface area contributed by atoms with Crippen LogP contribution in [0.3, 0.4) is 0 Å². The maximum Gasteiger partial charge on any atom is 0.180 e. The molecule has 27 heavy (non-hydrogen) atoms. The largest absolute Gasteiger partial charge is 0.497 e. The van der Waals surface area contributed by atoms with Crippen LogP contribution in [0.25, 0.3) is 11.2 Å². The number of ether oxygens (including phenoxy) is 3. The first-order valence-corrected chi connectivity index (χ1v) is 8.92. The number of morpholine rings is 1. The lowest BCUT2D eigenvalue weighted by molar-refractivity contribution is 0.122. The van der Waals surface area contributed by atoms with Crippen molar-refractivity contribution in [1.82, 2.24) is 15.0 Å². The number of pyridine rings is 1. The maximum atomic E-state index is 5.41. The van der Waals surface area contributed by atoms with Crippen molar-refractivity contribution in [2.45, 2.75) is 6.42 Å². The molecule has 140 valence electrons. The van der Waals surface area contributed by atoms with Crippen LogP contribution in [0.15, 0.2) is 36.5 Å². The Bertz CT molecular complexity index is 919. The van der Waals surface area contributed by atoms with Crippen LogP contribution in [0.2, 0.25) is 0 Å². The third-order valence-corrected chi connectivity index (χ3v) is 4.58. The third kappa shape index (κ3) is 3.93. The molecule has 0 N–H and O–H groups in total. The van der Waals surface area contributed by atoms with Crippen LogP contribution in [0, 0.1) is 0 Å². The van der Waals surface area contributed by atoms with Crippen molar-refractivity contribution in [3.05, 3.63) is 47.8 Å². The summed E-state index contributed by atoms with van der Waals surface area (Å²) in [6.45, 7) is 3.07. The normalized spacial score (nSPS) is 14.4. The topological polar surface area (TPSA) is 69.6 Å². The van der Waals surface area contributed by atoms with Gasteiger partial charge in [0.05, 0.1) is 33.6 Å². The van der Waals surface area contributed by atoms with Crippen LogP contribution in [-0.2, 0) is 11.2 Å². The summed E-state index contributed by atoms with van der Waals surface area (Å²) >= 11 is 0. The van der Waals surface area contributed by atoms with E-state index in [1.807, 2.05) is 36.5 Å². The molecule has 0 saturated carbocycles. The summed E-state index contributed by atoms with van der Waals surface area (Å²) in [5.41, 5.74) is 3.44. The Morgan fingerprint density at radius 1 is 1.00 bits per heavy atom. The van der Waals surface area contributed by atoms with Crippen LogP contribution in [-0.4, -0.2) is 55.5 Å². The quantitative estimate of drug-likeness (QED) is 0.687. The zero-order chi connectivity index (χ0) is 18.6. The lowest BCUT2D eigenvalue weighted by Crippen LogP contribution is -2.36. The van der Waals surface area contributed by atoms with E-state index >= 15 is 0 Å². The number of methoxy groups -OCH3 is 2. The molecule has 7 heteroatoms. The van der Waals surface area contributed by atoms with Crippen LogP contribution < -0.4 is 14.4 Å². The first kappa shape index (κ1) is 17.5. The van der Waals surface area contributed by atoms with Gasteiger partial charge in [0.1, 0.15) is 22.8 Å². The van der Waals surface area contributed by atoms with Gasteiger partial charge in [0.25, 0.3) is 0 Å². The highest BCUT2D eigenvalue weighted by atomic mass is 16.5. The molecule has 0 amide bonds. The fraction of sp³-hybridized carbons (Fsp3) is 0.350. The molecule has 0 unspecified atom stereocenters. The van der Waals surface area contributed by atoms with Gasteiger partial charge in [-0.3, -0.25) is 0 Å². The summed E-state index contributed by atoms with van der Waals surface area (Å²) in [5.74, 6) is 2.37. The van der Waals surface area contributed by atoms with E-state index in [4.69, 9.17) is 24.2 Å². The number of fused-ring (bicyclic) bond motifs is 1. The summed E-state index contributed by atoms with van der Waals surface area (Å²) in [4.78, 5) is 16.1. The predicted octanol–water partition coefficient (Wildman–Crippen LogP) is 2.47. The van der Waals surface area contributed by atoms with Crippen LogP contribution in [0.5, 0.6) is 11.5 Å². The molecule has 1 saturated heterocycles. The van der Waals surface area contributed by atoms with Gasteiger partial charge in [-0.05, 0) is 29.8 Å². The van der Waals surface area contributed by atoms with Gasteiger partial charge in [0.15, 0.2) is 5.65 Å². The van der Waals surface area contributed by atoms with Gasteiger partial charge in [0.2, 0.25) is 0 Å². The Hall–Kier alpha value is -2.93. The van der Waals surface area contributed by atoms with Crippen molar-refractivity contribution in [2.24, 2.45) is 0 Å². The minimum absolute atomic E-state index is 0.659. The molecule has 0 radical (unpaired) electrons.